The number of halogens is 1. The summed E-state index contributed by atoms with van der Waals surface area (Å²) < 4.78 is 10.0. The minimum atomic E-state index is -0.761. The molecule has 9 nitrogen and oxygen atoms in total. The van der Waals surface area contributed by atoms with Crippen molar-refractivity contribution in [2.75, 3.05) is 23.8 Å². The molecule has 0 unspecified atom stereocenters. The summed E-state index contributed by atoms with van der Waals surface area (Å²) in [6.07, 6.45) is 1.02. The lowest BCUT2D eigenvalue weighted by Crippen LogP contribution is -2.45. The quantitative estimate of drug-likeness (QED) is 0.185. The molecule has 3 amide bonds. The molecule has 0 aromatic heterocycles. The predicted molar refractivity (Wildman–Crippen MR) is 134 cm³/mol. The minimum Gasteiger partial charge on any atom is -0.445 e. The average molecular weight is 540 g/mol. The van der Waals surface area contributed by atoms with E-state index >= 15 is 0 Å². The van der Waals surface area contributed by atoms with Gasteiger partial charge < -0.3 is 25.4 Å². The lowest BCUT2D eigenvalue weighted by Gasteiger charge is -2.22. The van der Waals surface area contributed by atoms with Gasteiger partial charge >= 0.3 is 12.2 Å². The normalized spacial score (nSPS) is 12.3. The number of hydrogen-bond acceptors (Lipinski definition) is 6. The van der Waals surface area contributed by atoms with Crippen molar-refractivity contribution in [2.24, 2.45) is 11.8 Å². The van der Waals surface area contributed by atoms with Crippen molar-refractivity contribution < 1.29 is 28.7 Å². The van der Waals surface area contributed by atoms with Gasteiger partial charge in [0.2, 0.25) is 5.91 Å². The number of benzene rings is 1. The highest BCUT2D eigenvalue weighted by Crippen LogP contribution is 2.15. The fourth-order valence-corrected chi connectivity index (χ4v) is 3.13. The number of alkyl halides is 1. The Hall–Kier alpha value is -2.88. The Morgan fingerprint density at radius 2 is 1.74 bits per heavy atom. The van der Waals surface area contributed by atoms with Gasteiger partial charge in [0, 0.05) is 29.9 Å². The number of rotatable bonds is 14. The number of hydrogen-bond donors (Lipinski definition) is 3. The van der Waals surface area contributed by atoms with E-state index in [9.17, 15) is 19.2 Å². The number of nitrogens with one attached hydrogen (secondary N) is 3. The number of Topliss-reactive ketones (excluding diaryl/α,β-unsaturated/α-hetero) is 1. The van der Waals surface area contributed by atoms with Crippen LogP contribution in [0.15, 0.2) is 36.9 Å². The maximum atomic E-state index is 12.7. The van der Waals surface area contributed by atoms with Crippen LogP contribution < -0.4 is 16.0 Å². The Balaban J connectivity index is 2.55. The Morgan fingerprint density at radius 3 is 2.32 bits per heavy atom. The second kappa shape index (κ2) is 15.9. The van der Waals surface area contributed by atoms with Crippen LogP contribution in [0.4, 0.5) is 15.3 Å². The maximum absolute atomic E-state index is 12.7. The summed E-state index contributed by atoms with van der Waals surface area (Å²) in [6.45, 7) is 9.41. The Morgan fingerprint density at radius 1 is 1.06 bits per heavy atom. The van der Waals surface area contributed by atoms with Crippen molar-refractivity contribution in [3.8, 4) is 0 Å². The molecule has 0 aliphatic carbocycles. The van der Waals surface area contributed by atoms with Crippen molar-refractivity contribution >= 4 is 45.5 Å². The van der Waals surface area contributed by atoms with Crippen molar-refractivity contribution in [3.05, 3.63) is 42.5 Å². The van der Waals surface area contributed by atoms with Gasteiger partial charge in [-0.05, 0) is 30.0 Å². The van der Waals surface area contributed by atoms with E-state index < -0.39 is 24.1 Å². The molecule has 1 rings (SSSR count). The molecule has 188 valence electrons. The highest BCUT2D eigenvalue weighted by Gasteiger charge is 2.28. The van der Waals surface area contributed by atoms with E-state index in [1.54, 1.807) is 45.0 Å². The monoisotopic (exact) mass is 539 g/mol. The minimum absolute atomic E-state index is 0.0352. The summed E-state index contributed by atoms with van der Waals surface area (Å²) in [5.74, 6) is -1.35. The highest BCUT2D eigenvalue weighted by molar-refractivity contribution is 9.09. The number of ether oxygens (including phenoxy) is 2. The van der Waals surface area contributed by atoms with E-state index in [1.165, 1.54) is 6.08 Å². The Kier molecular flexibility index (Phi) is 13.6. The number of ketones is 1. The number of carbonyl (C=O) groups is 4. The largest absolute Gasteiger partial charge is 0.445 e. The first-order chi connectivity index (χ1) is 16.2. The van der Waals surface area contributed by atoms with Gasteiger partial charge in [0.25, 0.3) is 0 Å². The van der Waals surface area contributed by atoms with Crippen LogP contribution in [-0.4, -0.2) is 48.4 Å². The zero-order chi connectivity index (χ0) is 25.5. The molecule has 0 bridgehead atoms. The van der Waals surface area contributed by atoms with Crippen molar-refractivity contribution in [1.29, 1.82) is 0 Å². The van der Waals surface area contributed by atoms with Crippen LogP contribution in [0.25, 0.3) is 0 Å². The molecule has 1 aromatic rings. The van der Waals surface area contributed by atoms with Gasteiger partial charge in [0.15, 0.2) is 5.78 Å². The molecule has 0 spiro atoms. The summed E-state index contributed by atoms with van der Waals surface area (Å²) in [6, 6.07) is 6.11. The van der Waals surface area contributed by atoms with Crippen molar-refractivity contribution in [2.45, 2.75) is 46.3 Å². The molecular formula is C24H34BrN3O6. The standard InChI is InChI=1S/C24H34BrN3O6/c1-5-13-33-24(32)28-21(16(2)3)20(29)14-17(4)22(30)27-19-9-7-18(8-10-19)15-34-23(31)26-12-6-11-25/h5,7-10,16-17,21H,1,6,11-15H2,2-4H3,(H,26,31)(H,27,30)(H,28,32)/t17-,21+/m1/s1. The maximum Gasteiger partial charge on any atom is 0.408 e. The van der Waals surface area contributed by atoms with Gasteiger partial charge in [-0.25, -0.2) is 9.59 Å². The summed E-state index contributed by atoms with van der Waals surface area (Å²) in [4.78, 5) is 48.7. The Labute approximate surface area is 209 Å². The van der Waals surface area contributed by atoms with Crippen molar-refractivity contribution in [1.82, 2.24) is 10.6 Å². The van der Waals surface area contributed by atoms with Crippen LogP contribution in [0.5, 0.6) is 0 Å². The van der Waals surface area contributed by atoms with E-state index in [-0.39, 0.29) is 37.2 Å². The van der Waals surface area contributed by atoms with Crippen LogP contribution in [0.1, 0.15) is 39.2 Å². The molecule has 0 saturated carbocycles. The van der Waals surface area contributed by atoms with Gasteiger partial charge in [0.05, 0.1) is 6.04 Å². The highest BCUT2D eigenvalue weighted by atomic mass is 79.9. The molecule has 3 N–H and O–H groups in total. The first-order valence-corrected chi connectivity index (χ1v) is 12.2. The third-order valence-corrected chi connectivity index (χ3v) is 5.31. The second-order valence-corrected chi connectivity index (χ2v) is 8.85. The smallest absolute Gasteiger partial charge is 0.408 e. The topological polar surface area (TPSA) is 123 Å². The van der Waals surface area contributed by atoms with E-state index in [2.05, 4.69) is 38.5 Å². The van der Waals surface area contributed by atoms with E-state index in [0.29, 0.717) is 12.2 Å². The molecule has 0 heterocycles. The lowest BCUT2D eigenvalue weighted by molar-refractivity contribution is -0.127. The number of amides is 3. The fraction of sp³-hybridized carbons (Fsp3) is 0.500. The molecule has 0 aliphatic rings. The van der Waals surface area contributed by atoms with Crippen LogP contribution in [-0.2, 0) is 25.7 Å². The predicted octanol–water partition coefficient (Wildman–Crippen LogP) is 4.17. The second-order valence-electron chi connectivity index (χ2n) is 8.06. The fourth-order valence-electron chi connectivity index (χ4n) is 2.85. The summed E-state index contributed by atoms with van der Waals surface area (Å²) in [5.41, 5.74) is 1.33. The molecule has 0 saturated heterocycles. The van der Waals surface area contributed by atoms with Crippen LogP contribution in [0, 0.1) is 11.8 Å². The average Bonchev–Trinajstić information content (AvgIpc) is 2.80. The van der Waals surface area contributed by atoms with E-state index in [4.69, 9.17) is 9.47 Å². The zero-order valence-corrected chi connectivity index (χ0v) is 21.5. The third-order valence-electron chi connectivity index (χ3n) is 4.75. The Bertz CT molecular complexity index is 829. The SMILES string of the molecule is C=CCOC(=O)N[C@H](C(=O)C[C@@H](C)C(=O)Nc1ccc(COC(=O)NCCCBr)cc1)C(C)C. The molecule has 2 atom stereocenters. The van der Waals surface area contributed by atoms with Gasteiger partial charge in [-0.1, -0.05) is 61.5 Å². The summed E-state index contributed by atoms with van der Waals surface area (Å²) >= 11 is 3.29. The zero-order valence-electron chi connectivity index (χ0n) is 19.9. The summed E-state index contributed by atoms with van der Waals surface area (Å²) in [5, 5.41) is 8.77. The molecule has 0 fully saturated rings. The van der Waals surface area contributed by atoms with Crippen LogP contribution in [0.2, 0.25) is 0 Å². The molecule has 1 aromatic carbocycles. The lowest BCUT2D eigenvalue weighted by atomic mass is 9.93. The van der Waals surface area contributed by atoms with Crippen LogP contribution >= 0.6 is 15.9 Å². The third kappa shape index (κ3) is 11.3. The molecule has 10 heteroatoms. The first kappa shape index (κ1) is 29.2. The van der Waals surface area contributed by atoms with Crippen molar-refractivity contribution in [3.63, 3.8) is 0 Å². The van der Waals surface area contributed by atoms with Gasteiger partial charge in [-0.15, -0.1) is 0 Å². The van der Waals surface area contributed by atoms with E-state index in [0.717, 1.165) is 17.3 Å². The van der Waals surface area contributed by atoms with E-state index in [1.807, 2.05) is 0 Å². The number of carbonyl (C=O) groups excluding carboxylic acids is 4. The van der Waals surface area contributed by atoms with Gasteiger partial charge in [0.1, 0.15) is 13.2 Å². The molecule has 0 aliphatic heterocycles. The first-order valence-electron chi connectivity index (χ1n) is 11.1. The summed E-state index contributed by atoms with van der Waals surface area (Å²) in [7, 11) is 0. The molecule has 0 radical (unpaired) electrons. The number of alkyl carbamates (subject to hydrolysis) is 2. The molecular weight excluding hydrogens is 506 g/mol. The van der Waals surface area contributed by atoms with Gasteiger partial charge in [-0.3, -0.25) is 9.59 Å². The molecule has 34 heavy (non-hydrogen) atoms. The number of anilines is 1. The van der Waals surface area contributed by atoms with Crippen LogP contribution in [0.3, 0.4) is 0 Å². The van der Waals surface area contributed by atoms with Gasteiger partial charge in [-0.2, -0.15) is 0 Å².